The van der Waals surface area contributed by atoms with Crippen LogP contribution in [0.3, 0.4) is 0 Å². The molecular formula is C25H35N5O2S. The van der Waals surface area contributed by atoms with Crippen LogP contribution in [0.1, 0.15) is 83.7 Å². The number of nitrogens with one attached hydrogen (secondary N) is 2. The molecule has 1 heterocycles. The molecule has 0 aliphatic heterocycles. The summed E-state index contributed by atoms with van der Waals surface area (Å²) in [5, 5.41) is 15.0. The maximum absolute atomic E-state index is 12.4. The summed E-state index contributed by atoms with van der Waals surface area (Å²) in [6, 6.07) is 8.68. The van der Waals surface area contributed by atoms with Gasteiger partial charge in [0.15, 0.2) is 11.0 Å². The van der Waals surface area contributed by atoms with Crippen molar-refractivity contribution >= 4 is 23.7 Å². The number of hydrogen-bond donors (Lipinski definition) is 2. The van der Waals surface area contributed by atoms with Gasteiger partial charge in [0, 0.05) is 17.6 Å². The van der Waals surface area contributed by atoms with Crippen LogP contribution < -0.4 is 10.6 Å². The molecule has 2 aromatic rings. The van der Waals surface area contributed by atoms with Gasteiger partial charge in [0.1, 0.15) is 0 Å². The minimum Gasteiger partial charge on any atom is -0.335 e. The molecule has 0 radical (unpaired) electrons. The van der Waals surface area contributed by atoms with E-state index in [1.807, 2.05) is 0 Å². The Bertz CT molecular complexity index is 968. The predicted molar refractivity (Wildman–Crippen MR) is 131 cm³/mol. The molecule has 0 spiro atoms. The zero-order valence-electron chi connectivity index (χ0n) is 19.9. The van der Waals surface area contributed by atoms with Crippen LogP contribution in [0.4, 0.5) is 4.79 Å². The first-order chi connectivity index (χ1) is 15.8. The molecule has 33 heavy (non-hydrogen) atoms. The number of amides is 3. The normalized spacial score (nSPS) is 17.4. The summed E-state index contributed by atoms with van der Waals surface area (Å²) in [5.74, 6) is 0.670. The van der Waals surface area contributed by atoms with E-state index in [2.05, 4.69) is 70.4 Å². The third-order valence-corrected chi connectivity index (χ3v) is 7.58. The van der Waals surface area contributed by atoms with Crippen molar-refractivity contribution in [2.75, 3.05) is 5.75 Å². The van der Waals surface area contributed by atoms with Gasteiger partial charge in [-0.1, -0.05) is 82.5 Å². The summed E-state index contributed by atoms with van der Waals surface area (Å²) in [6.45, 7) is 6.62. The third-order valence-electron chi connectivity index (χ3n) is 6.64. The second-order valence-electron chi connectivity index (χ2n) is 10.2. The Morgan fingerprint density at radius 1 is 1.00 bits per heavy atom. The fourth-order valence-electron chi connectivity index (χ4n) is 4.77. The average molecular weight is 470 g/mol. The van der Waals surface area contributed by atoms with Gasteiger partial charge in [0.25, 0.3) is 0 Å². The van der Waals surface area contributed by atoms with Gasteiger partial charge in [-0.3, -0.25) is 14.7 Å². The number of urea groups is 1. The van der Waals surface area contributed by atoms with Crippen LogP contribution in [0, 0.1) is 0 Å². The van der Waals surface area contributed by atoms with Gasteiger partial charge in [0.05, 0.1) is 5.75 Å². The van der Waals surface area contributed by atoms with Crippen LogP contribution in [0.25, 0.3) is 11.4 Å². The van der Waals surface area contributed by atoms with Crippen LogP contribution in [-0.4, -0.2) is 38.5 Å². The number of hydrogen-bond acceptors (Lipinski definition) is 5. The summed E-state index contributed by atoms with van der Waals surface area (Å²) in [4.78, 5) is 24.5. The van der Waals surface area contributed by atoms with Crippen molar-refractivity contribution in [3.63, 3.8) is 0 Å². The zero-order chi connectivity index (χ0) is 23.4. The zero-order valence-corrected chi connectivity index (χ0v) is 20.7. The number of nitrogens with zero attached hydrogens (tertiary/aromatic N) is 3. The quantitative estimate of drug-likeness (QED) is 0.566. The van der Waals surface area contributed by atoms with Gasteiger partial charge in [-0.2, -0.15) is 0 Å². The lowest BCUT2D eigenvalue weighted by molar-refractivity contribution is -0.117. The van der Waals surface area contributed by atoms with E-state index in [0.717, 1.165) is 55.1 Å². The van der Waals surface area contributed by atoms with Crippen LogP contribution in [0.2, 0.25) is 0 Å². The molecule has 3 amide bonds. The molecular weight excluding hydrogens is 434 g/mol. The molecule has 2 saturated carbocycles. The van der Waals surface area contributed by atoms with E-state index in [4.69, 9.17) is 0 Å². The molecule has 7 nitrogen and oxygen atoms in total. The van der Waals surface area contributed by atoms with Gasteiger partial charge in [-0.15, -0.1) is 10.2 Å². The fraction of sp³-hybridized carbons (Fsp3) is 0.600. The topological polar surface area (TPSA) is 88.9 Å². The van der Waals surface area contributed by atoms with E-state index in [-0.39, 0.29) is 23.1 Å². The van der Waals surface area contributed by atoms with E-state index in [1.54, 1.807) is 0 Å². The second-order valence-corrected chi connectivity index (χ2v) is 11.2. The number of thioether (sulfide) groups is 1. The Morgan fingerprint density at radius 3 is 2.27 bits per heavy atom. The number of imide groups is 1. The Balaban J connectivity index is 1.45. The molecule has 2 aliphatic carbocycles. The number of benzene rings is 1. The van der Waals surface area contributed by atoms with Gasteiger partial charge >= 0.3 is 6.03 Å². The minimum absolute atomic E-state index is 0.0933. The summed E-state index contributed by atoms with van der Waals surface area (Å²) in [6.07, 6.45) is 8.80. The van der Waals surface area contributed by atoms with E-state index in [0.29, 0.717) is 6.04 Å². The predicted octanol–water partition coefficient (Wildman–Crippen LogP) is 5.22. The lowest BCUT2D eigenvalue weighted by Crippen LogP contribution is -2.44. The van der Waals surface area contributed by atoms with Crippen LogP contribution in [0.15, 0.2) is 29.4 Å². The van der Waals surface area contributed by atoms with Crippen LogP contribution >= 0.6 is 11.8 Å². The molecule has 178 valence electrons. The lowest BCUT2D eigenvalue weighted by atomic mass is 9.86. The van der Waals surface area contributed by atoms with Crippen molar-refractivity contribution in [1.82, 2.24) is 25.4 Å². The van der Waals surface area contributed by atoms with Crippen molar-refractivity contribution < 1.29 is 9.59 Å². The van der Waals surface area contributed by atoms with Crippen molar-refractivity contribution in [2.24, 2.45) is 0 Å². The SMILES string of the molecule is CC(C)(C)c1ccc(-c2nnc(SCC(=O)NC(=O)NC3CCCC3)n2C2CCCC2)cc1. The van der Waals surface area contributed by atoms with Crippen LogP contribution in [-0.2, 0) is 10.2 Å². The molecule has 2 N–H and O–H groups in total. The minimum atomic E-state index is -0.399. The summed E-state index contributed by atoms with van der Waals surface area (Å²) >= 11 is 1.35. The molecule has 2 fully saturated rings. The first kappa shape index (κ1) is 23.8. The van der Waals surface area contributed by atoms with Crippen molar-refractivity contribution in [2.45, 2.75) is 94.8 Å². The number of carbonyl (C=O) groups excluding carboxylic acids is 2. The van der Waals surface area contributed by atoms with Gasteiger partial charge in [-0.25, -0.2) is 4.79 Å². The molecule has 0 bridgehead atoms. The second kappa shape index (κ2) is 10.3. The maximum atomic E-state index is 12.4. The van der Waals surface area contributed by atoms with Gasteiger partial charge in [0.2, 0.25) is 5.91 Å². The van der Waals surface area contributed by atoms with Crippen molar-refractivity contribution in [3.05, 3.63) is 29.8 Å². The molecule has 1 aromatic heterocycles. The van der Waals surface area contributed by atoms with Crippen LogP contribution in [0.5, 0.6) is 0 Å². The highest BCUT2D eigenvalue weighted by Crippen LogP contribution is 2.37. The largest absolute Gasteiger partial charge is 0.335 e. The van der Waals surface area contributed by atoms with E-state index < -0.39 is 6.03 Å². The summed E-state index contributed by atoms with van der Waals surface area (Å²) in [5.41, 5.74) is 2.41. The summed E-state index contributed by atoms with van der Waals surface area (Å²) in [7, 11) is 0. The molecule has 2 aliphatic rings. The molecule has 0 saturated heterocycles. The molecule has 8 heteroatoms. The number of rotatable bonds is 6. The highest BCUT2D eigenvalue weighted by atomic mass is 32.2. The Labute approximate surface area is 200 Å². The number of carbonyl (C=O) groups is 2. The Kier molecular flexibility index (Phi) is 7.41. The fourth-order valence-corrected chi connectivity index (χ4v) is 5.57. The first-order valence-electron chi connectivity index (χ1n) is 12.1. The first-order valence-corrected chi connectivity index (χ1v) is 13.1. The van der Waals surface area contributed by atoms with E-state index in [9.17, 15) is 9.59 Å². The highest BCUT2D eigenvalue weighted by Gasteiger charge is 2.26. The van der Waals surface area contributed by atoms with Gasteiger partial charge < -0.3 is 5.32 Å². The molecule has 4 rings (SSSR count). The number of aromatic nitrogens is 3. The standard InChI is InChI=1S/C25H35N5O2S/c1-25(2,3)18-14-12-17(13-15-18)22-28-29-24(30(22)20-10-6-7-11-20)33-16-21(31)27-23(32)26-19-8-4-5-9-19/h12-15,19-20H,4-11,16H2,1-3H3,(H2,26,27,31,32). The Hall–Kier alpha value is -2.35. The third kappa shape index (κ3) is 5.96. The Morgan fingerprint density at radius 2 is 1.64 bits per heavy atom. The highest BCUT2D eigenvalue weighted by molar-refractivity contribution is 7.99. The van der Waals surface area contributed by atoms with Gasteiger partial charge in [-0.05, 0) is 36.7 Å². The summed E-state index contributed by atoms with van der Waals surface area (Å²) < 4.78 is 2.20. The molecule has 0 atom stereocenters. The van der Waals surface area contributed by atoms with Crippen molar-refractivity contribution in [1.29, 1.82) is 0 Å². The molecule has 0 unspecified atom stereocenters. The monoisotopic (exact) mass is 469 g/mol. The smallest absolute Gasteiger partial charge is 0.321 e. The maximum Gasteiger partial charge on any atom is 0.321 e. The van der Waals surface area contributed by atoms with Crippen molar-refractivity contribution in [3.8, 4) is 11.4 Å². The van der Waals surface area contributed by atoms with E-state index >= 15 is 0 Å². The molecule has 1 aromatic carbocycles. The lowest BCUT2D eigenvalue weighted by Gasteiger charge is -2.20. The van der Waals surface area contributed by atoms with E-state index in [1.165, 1.54) is 30.2 Å². The average Bonchev–Trinajstić information content (AvgIpc) is 3.53.